The zero-order valence-corrected chi connectivity index (χ0v) is 22.1. The average Bonchev–Trinajstić information content (AvgIpc) is 2.92. The number of rotatable bonds is 9. The molecule has 0 bridgehead atoms. The van der Waals surface area contributed by atoms with Crippen LogP contribution in [0.15, 0.2) is 48.5 Å². The maximum absolute atomic E-state index is 15.0. The van der Waals surface area contributed by atoms with Crippen LogP contribution < -0.4 is 21.1 Å². The fraction of sp³-hybridized carbons (Fsp3) is 0.345. The van der Waals surface area contributed by atoms with Crippen molar-refractivity contribution in [2.45, 2.75) is 33.6 Å². The third-order valence-electron chi connectivity index (χ3n) is 6.65. The fourth-order valence-corrected chi connectivity index (χ4v) is 4.27. The maximum atomic E-state index is 15.0. The van der Waals surface area contributed by atoms with E-state index in [1.54, 1.807) is 17.0 Å². The highest BCUT2D eigenvalue weighted by Crippen LogP contribution is 2.30. The van der Waals surface area contributed by atoms with Crippen LogP contribution in [0.5, 0.6) is 11.5 Å². The number of nitrogens with zero attached hydrogens (tertiary/aromatic N) is 3. The van der Waals surface area contributed by atoms with E-state index in [9.17, 15) is 9.18 Å². The Bertz CT molecular complexity index is 1300. The molecule has 2 heterocycles. The minimum Gasteiger partial charge on any atom is -0.454 e. The number of piperazine rings is 1. The first-order valence-corrected chi connectivity index (χ1v) is 13.0. The number of carbonyl (C=O) groups excluding carboxylic acids is 1. The highest BCUT2D eigenvalue weighted by atomic mass is 19.1. The van der Waals surface area contributed by atoms with E-state index in [-0.39, 0.29) is 23.3 Å². The zero-order chi connectivity index (χ0) is 27.1. The molecule has 4 rings (SSSR count). The molecule has 8 nitrogen and oxygen atoms in total. The van der Waals surface area contributed by atoms with Crippen LogP contribution >= 0.6 is 0 Å². The minimum atomic E-state index is -0.538. The molecule has 1 saturated heterocycles. The highest BCUT2D eigenvalue weighted by Gasteiger charge is 2.20. The summed E-state index contributed by atoms with van der Waals surface area (Å²) in [5, 5.41) is 6.22. The summed E-state index contributed by atoms with van der Waals surface area (Å²) in [5.74, 6) is 0.691. The Morgan fingerprint density at radius 1 is 1.16 bits per heavy atom. The molecule has 0 aliphatic carbocycles. The molecule has 0 saturated carbocycles. The Labute approximate surface area is 223 Å². The van der Waals surface area contributed by atoms with Gasteiger partial charge in [-0.25, -0.2) is 9.37 Å². The Hall–Kier alpha value is -3.98. The predicted octanol–water partition coefficient (Wildman–Crippen LogP) is 5.54. The Morgan fingerprint density at radius 3 is 2.63 bits per heavy atom. The van der Waals surface area contributed by atoms with Crippen molar-refractivity contribution in [3.05, 3.63) is 71.2 Å². The molecule has 1 aliphatic rings. The summed E-state index contributed by atoms with van der Waals surface area (Å²) in [5.41, 5.74) is 8.65. The second kappa shape index (κ2) is 12.5. The summed E-state index contributed by atoms with van der Waals surface area (Å²) in [6.07, 6.45) is 6.50. The van der Waals surface area contributed by atoms with E-state index in [2.05, 4.69) is 46.6 Å². The predicted molar refractivity (Wildman–Crippen MR) is 149 cm³/mol. The number of nitrogen functional groups attached to an aromatic ring is 1. The molecule has 1 fully saturated rings. The number of ether oxygens (including phenoxy) is 1. The first-order valence-electron chi connectivity index (χ1n) is 13.0. The van der Waals surface area contributed by atoms with E-state index in [1.165, 1.54) is 12.1 Å². The van der Waals surface area contributed by atoms with Crippen LogP contribution in [0.3, 0.4) is 0 Å². The molecular formula is C29H35FN6O2. The van der Waals surface area contributed by atoms with Gasteiger partial charge in [-0.15, -0.1) is 0 Å². The number of hydrogen-bond donors (Lipinski definition) is 3. The van der Waals surface area contributed by atoms with Crippen molar-refractivity contribution in [3.8, 4) is 11.5 Å². The van der Waals surface area contributed by atoms with E-state index in [4.69, 9.17) is 10.5 Å². The van der Waals surface area contributed by atoms with Crippen LogP contribution in [0.1, 0.15) is 48.3 Å². The Morgan fingerprint density at radius 2 is 1.92 bits per heavy atom. The normalized spacial score (nSPS) is 13.8. The van der Waals surface area contributed by atoms with Crippen molar-refractivity contribution < 1.29 is 13.9 Å². The molecule has 1 aromatic heterocycles. The van der Waals surface area contributed by atoms with Gasteiger partial charge in [-0.1, -0.05) is 32.1 Å². The molecule has 0 atom stereocenters. The number of carbonyl (C=O) groups is 1. The standard InChI is InChI=1S/C29H35FN6O2/c1-4-20(5-2)7-8-21-16-23(10-6-19(21)3)38-26-11-9-22(17-24(26)30)33-27-18-25(34-29(31)35-27)28(37)36-14-12-32-13-15-36/h6-11,16-18,20,32H,4-5,12-15H2,1-3H3,(H3,31,33,34,35)/b8-7-. The summed E-state index contributed by atoms with van der Waals surface area (Å²) < 4.78 is 20.9. The number of aromatic nitrogens is 2. The van der Waals surface area contributed by atoms with E-state index in [0.717, 1.165) is 37.1 Å². The van der Waals surface area contributed by atoms with Gasteiger partial charge in [0.25, 0.3) is 5.91 Å². The quantitative estimate of drug-likeness (QED) is 0.342. The van der Waals surface area contributed by atoms with Crippen molar-refractivity contribution in [1.29, 1.82) is 0 Å². The SMILES string of the molecule is CCC(/C=C\c1cc(Oc2ccc(Nc3cc(C(=O)N4CCNCC4)nc(N)n3)cc2F)ccc1C)CC. The number of hydrogen-bond acceptors (Lipinski definition) is 7. The average molecular weight is 519 g/mol. The lowest BCUT2D eigenvalue weighted by Crippen LogP contribution is -2.46. The van der Waals surface area contributed by atoms with Gasteiger partial charge in [-0.2, -0.15) is 4.98 Å². The van der Waals surface area contributed by atoms with Crippen LogP contribution in [-0.4, -0.2) is 47.0 Å². The fourth-order valence-electron chi connectivity index (χ4n) is 4.27. The number of aryl methyl sites for hydroxylation is 1. The number of allylic oxidation sites excluding steroid dienone is 1. The third kappa shape index (κ3) is 6.86. The lowest BCUT2D eigenvalue weighted by Gasteiger charge is -2.27. The van der Waals surface area contributed by atoms with Crippen LogP contribution in [-0.2, 0) is 0 Å². The minimum absolute atomic E-state index is 0.0395. The summed E-state index contributed by atoms with van der Waals surface area (Å²) in [6, 6.07) is 11.8. The molecule has 9 heteroatoms. The zero-order valence-electron chi connectivity index (χ0n) is 22.1. The van der Waals surface area contributed by atoms with Gasteiger partial charge in [0.05, 0.1) is 0 Å². The second-order valence-electron chi connectivity index (χ2n) is 9.37. The topological polar surface area (TPSA) is 105 Å². The molecule has 0 unspecified atom stereocenters. The maximum Gasteiger partial charge on any atom is 0.272 e. The lowest BCUT2D eigenvalue weighted by molar-refractivity contribution is 0.0730. The molecule has 200 valence electrons. The van der Waals surface area contributed by atoms with E-state index >= 15 is 0 Å². The number of nitrogens with two attached hydrogens (primary N) is 1. The van der Waals surface area contributed by atoms with E-state index < -0.39 is 5.82 Å². The second-order valence-corrected chi connectivity index (χ2v) is 9.37. The number of benzene rings is 2. The van der Waals surface area contributed by atoms with Crippen molar-refractivity contribution in [2.75, 3.05) is 37.2 Å². The Kier molecular flexibility index (Phi) is 8.91. The molecule has 0 radical (unpaired) electrons. The number of amides is 1. The van der Waals surface area contributed by atoms with Gasteiger partial charge in [0.15, 0.2) is 11.6 Å². The largest absolute Gasteiger partial charge is 0.454 e. The van der Waals surface area contributed by atoms with Crippen molar-refractivity contribution >= 4 is 29.4 Å². The highest BCUT2D eigenvalue weighted by molar-refractivity contribution is 5.93. The van der Waals surface area contributed by atoms with Gasteiger partial charge in [0, 0.05) is 44.0 Å². The lowest BCUT2D eigenvalue weighted by atomic mass is 10.0. The molecule has 0 spiro atoms. The third-order valence-corrected chi connectivity index (χ3v) is 6.65. The molecule has 3 aromatic rings. The number of halogens is 1. The van der Waals surface area contributed by atoms with Gasteiger partial charge in [0.2, 0.25) is 5.95 Å². The van der Waals surface area contributed by atoms with Crippen molar-refractivity contribution in [2.24, 2.45) is 5.92 Å². The smallest absolute Gasteiger partial charge is 0.272 e. The summed E-state index contributed by atoms with van der Waals surface area (Å²) in [6.45, 7) is 9.04. The first-order chi connectivity index (χ1) is 18.4. The van der Waals surface area contributed by atoms with Gasteiger partial charge in [0.1, 0.15) is 17.3 Å². The molecule has 2 aromatic carbocycles. The molecule has 1 amide bonds. The molecular weight excluding hydrogens is 483 g/mol. The van der Waals surface area contributed by atoms with E-state index in [0.29, 0.717) is 36.3 Å². The van der Waals surface area contributed by atoms with Crippen molar-refractivity contribution in [3.63, 3.8) is 0 Å². The first kappa shape index (κ1) is 27.1. The monoisotopic (exact) mass is 518 g/mol. The number of nitrogens with one attached hydrogen (secondary N) is 2. The number of anilines is 3. The van der Waals surface area contributed by atoms with Crippen LogP contribution in [0.4, 0.5) is 21.8 Å². The van der Waals surface area contributed by atoms with Gasteiger partial charge < -0.3 is 26.0 Å². The van der Waals surface area contributed by atoms with Gasteiger partial charge in [-0.3, -0.25) is 4.79 Å². The Balaban J connectivity index is 1.47. The van der Waals surface area contributed by atoms with Gasteiger partial charge in [-0.05, 0) is 61.1 Å². The molecule has 38 heavy (non-hydrogen) atoms. The van der Waals surface area contributed by atoms with Gasteiger partial charge >= 0.3 is 0 Å². The summed E-state index contributed by atoms with van der Waals surface area (Å²) in [7, 11) is 0. The van der Waals surface area contributed by atoms with E-state index in [1.807, 2.05) is 25.1 Å². The summed E-state index contributed by atoms with van der Waals surface area (Å²) >= 11 is 0. The van der Waals surface area contributed by atoms with Crippen LogP contribution in [0.25, 0.3) is 6.08 Å². The van der Waals surface area contributed by atoms with Crippen LogP contribution in [0, 0.1) is 18.7 Å². The van der Waals surface area contributed by atoms with Crippen LogP contribution in [0.2, 0.25) is 0 Å². The molecule has 1 aliphatic heterocycles. The van der Waals surface area contributed by atoms with Crippen molar-refractivity contribution in [1.82, 2.24) is 20.2 Å². The summed E-state index contributed by atoms with van der Waals surface area (Å²) in [4.78, 5) is 22.8. The molecule has 4 N–H and O–H groups in total.